The molecule has 3 aromatic rings. The van der Waals surface area contributed by atoms with Crippen LogP contribution in [0.15, 0.2) is 42.6 Å². The van der Waals surface area contributed by atoms with Crippen LogP contribution in [-0.2, 0) is 0 Å². The normalized spacial score (nSPS) is 10.8. The van der Waals surface area contributed by atoms with Crippen LogP contribution < -0.4 is 11.1 Å². The smallest absolute Gasteiger partial charge is 0.125 e. The van der Waals surface area contributed by atoms with E-state index in [1.54, 1.807) is 12.3 Å². The van der Waals surface area contributed by atoms with E-state index in [0.29, 0.717) is 16.4 Å². The summed E-state index contributed by atoms with van der Waals surface area (Å²) in [7, 11) is 0. The highest BCUT2D eigenvalue weighted by Crippen LogP contribution is 2.33. The fraction of sp³-hybridized carbons (Fsp3) is 0.0625. The Bertz CT molecular complexity index is 833. The van der Waals surface area contributed by atoms with E-state index in [4.69, 9.17) is 17.3 Å². The molecule has 0 aliphatic carbocycles. The van der Waals surface area contributed by atoms with Crippen molar-refractivity contribution in [3.05, 3.63) is 59.1 Å². The zero-order chi connectivity index (χ0) is 15.0. The van der Waals surface area contributed by atoms with E-state index < -0.39 is 0 Å². The Morgan fingerprint density at radius 1 is 1.10 bits per heavy atom. The maximum Gasteiger partial charge on any atom is 0.125 e. The number of nitrogen functional groups attached to an aromatic ring is 1. The average Bonchev–Trinajstić information content (AvgIpc) is 2.46. The SMILES string of the molecule is Cc1cc2c(Nc3cc(F)ccc3Cl)ccc(N)c2cn1. The van der Waals surface area contributed by atoms with E-state index in [2.05, 4.69) is 10.3 Å². The molecular weight excluding hydrogens is 289 g/mol. The molecule has 3 nitrogen and oxygen atoms in total. The van der Waals surface area contributed by atoms with Gasteiger partial charge in [0.15, 0.2) is 0 Å². The van der Waals surface area contributed by atoms with Crippen LogP contribution in [0.1, 0.15) is 5.69 Å². The Kier molecular flexibility index (Phi) is 3.39. The summed E-state index contributed by atoms with van der Waals surface area (Å²) in [5.41, 5.74) is 8.81. The van der Waals surface area contributed by atoms with Crippen molar-refractivity contribution in [3.63, 3.8) is 0 Å². The summed E-state index contributed by atoms with van der Waals surface area (Å²) in [5, 5.41) is 5.37. The number of anilines is 3. The van der Waals surface area contributed by atoms with Crippen LogP contribution in [0.25, 0.3) is 10.8 Å². The molecule has 5 heteroatoms. The molecule has 3 N–H and O–H groups in total. The van der Waals surface area contributed by atoms with Crippen molar-refractivity contribution in [3.8, 4) is 0 Å². The fourth-order valence-corrected chi connectivity index (χ4v) is 2.38. The van der Waals surface area contributed by atoms with Crippen molar-refractivity contribution in [2.24, 2.45) is 0 Å². The molecule has 0 fully saturated rings. The van der Waals surface area contributed by atoms with Gasteiger partial charge < -0.3 is 11.1 Å². The van der Waals surface area contributed by atoms with E-state index in [0.717, 1.165) is 22.2 Å². The number of pyridine rings is 1. The van der Waals surface area contributed by atoms with Crippen molar-refractivity contribution in [2.45, 2.75) is 6.92 Å². The minimum Gasteiger partial charge on any atom is -0.398 e. The number of hydrogen-bond donors (Lipinski definition) is 2. The molecule has 0 spiro atoms. The van der Waals surface area contributed by atoms with Crippen LogP contribution in [-0.4, -0.2) is 4.98 Å². The number of fused-ring (bicyclic) bond motifs is 1. The van der Waals surface area contributed by atoms with Crippen molar-refractivity contribution >= 4 is 39.4 Å². The predicted octanol–water partition coefficient (Wildman–Crippen LogP) is 4.66. The Balaban J connectivity index is 2.14. The zero-order valence-electron chi connectivity index (χ0n) is 11.3. The van der Waals surface area contributed by atoms with Crippen LogP contribution in [0.2, 0.25) is 5.02 Å². The summed E-state index contributed by atoms with van der Waals surface area (Å²) in [4.78, 5) is 4.25. The van der Waals surface area contributed by atoms with Gasteiger partial charge in [0.25, 0.3) is 0 Å². The predicted molar refractivity (Wildman–Crippen MR) is 85.6 cm³/mol. The third-order valence-corrected chi connectivity index (χ3v) is 3.60. The Hall–Kier alpha value is -2.33. The molecule has 21 heavy (non-hydrogen) atoms. The molecule has 0 aliphatic heterocycles. The first-order chi connectivity index (χ1) is 10.0. The molecular formula is C16H13ClFN3. The van der Waals surface area contributed by atoms with Crippen LogP contribution >= 0.6 is 11.6 Å². The number of rotatable bonds is 2. The molecule has 0 saturated carbocycles. The topological polar surface area (TPSA) is 50.9 Å². The lowest BCUT2D eigenvalue weighted by molar-refractivity contribution is 0.628. The molecule has 0 atom stereocenters. The lowest BCUT2D eigenvalue weighted by atomic mass is 10.1. The van der Waals surface area contributed by atoms with Gasteiger partial charge in [-0.15, -0.1) is 0 Å². The van der Waals surface area contributed by atoms with Crippen LogP contribution in [0.3, 0.4) is 0 Å². The quantitative estimate of drug-likeness (QED) is 0.677. The molecule has 0 amide bonds. The Morgan fingerprint density at radius 2 is 1.90 bits per heavy atom. The molecule has 106 valence electrons. The lowest BCUT2D eigenvalue weighted by Gasteiger charge is -2.13. The van der Waals surface area contributed by atoms with Crippen molar-refractivity contribution < 1.29 is 4.39 Å². The van der Waals surface area contributed by atoms with Crippen molar-refractivity contribution in [1.82, 2.24) is 4.98 Å². The van der Waals surface area contributed by atoms with Gasteiger partial charge in [0.2, 0.25) is 0 Å². The molecule has 0 aliphatic rings. The number of aromatic nitrogens is 1. The summed E-state index contributed by atoms with van der Waals surface area (Å²) in [6, 6.07) is 9.77. The summed E-state index contributed by atoms with van der Waals surface area (Å²) < 4.78 is 13.4. The second kappa shape index (κ2) is 5.22. The number of benzene rings is 2. The third-order valence-electron chi connectivity index (χ3n) is 3.27. The molecule has 1 heterocycles. The van der Waals surface area contributed by atoms with Gasteiger partial charge in [0, 0.05) is 34.0 Å². The van der Waals surface area contributed by atoms with Crippen LogP contribution in [0.4, 0.5) is 21.5 Å². The number of nitrogens with zero attached hydrogens (tertiary/aromatic N) is 1. The maximum atomic E-state index is 13.4. The molecule has 0 bridgehead atoms. The first-order valence-corrected chi connectivity index (χ1v) is 6.79. The molecule has 0 saturated heterocycles. The van der Waals surface area contributed by atoms with Crippen molar-refractivity contribution in [1.29, 1.82) is 0 Å². The van der Waals surface area contributed by atoms with Gasteiger partial charge in [-0.3, -0.25) is 4.98 Å². The number of nitrogens with two attached hydrogens (primary N) is 1. The summed E-state index contributed by atoms with van der Waals surface area (Å²) in [6.07, 6.45) is 1.73. The highest BCUT2D eigenvalue weighted by Gasteiger charge is 2.08. The zero-order valence-corrected chi connectivity index (χ0v) is 12.1. The highest BCUT2D eigenvalue weighted by atomic mass is 35.5. The first kappa shape index (κ1) is 13.6. The monoisotopic (exact) mass is 301 g/mol. The summed E-state index contributed by atoms with van der Waals surface area (Å²) >= 11 is 6.09. The van der Waals surface area contributed by atoms with E-state index in [1.165, 1.54) is 18.2 Å². The molecule has 1 aromatic heterocycles. The lowest BCUT2D eigenvalue weighted by Crippen LogP contribution is -1.96. The van der Waals surface area contributed by atoms with E-state index in [9.17, 15) is 4.39 Å². The first-order valence-electron chi connectivity index (χ1n) is 6.41. The van der Waals surface area contributed by atoms with Gasteiger partial charge in [-0.1, -0.05) is 11.6 Å². The minimum atomic E-state index is -0.348. The van der Waals surface area contributed by atoms with E-state index >= 15 is 0 Å². The highest BCUT2D eigenvalue weighted by molar-refractivity contribution is 6.33. The van der Waals surface area contributed by atoms with Gasteiger partial charge in [0.1, 0.15) is 5.82 Å². The van der Waals surface area contributed by atoms with Gasteiger partial charge in [-0.05, 0) is 43.3 Å². The fourth-order valence-electron chi connectivity index (χ4n) is 2.21. The molecule has 0 unspecified atom stereocenters. The van der Waals surface area contributed by atoms with Gasteiger partial charge in [-0.2, -0.15) is 0 Å². The standard InChI is InChI=1S/C16H13ClFN3/c1-9-6-11-12(8-20-9)14(19)4-5-15(11)21-16-7-10(18)2-3-13(16)17/h2-8,21H,19H2,1H3. The van der Waals surface area contributed by atoms with Gasteiger partial charge >= 0.3 is 0 Å². The molecule has 2 aromatic carbocycles. The second-order valence-corrected chi connectivity index (χ2v) is 5.23. The second-order valence-electron chi connectivity index (χ2n) is 4.82. The van der Waals surface area contributed by atoms with Crippen LogP contribution in [0, 0.1) is 12.7 Å². The van der Waals surface area contributed by atoms with Gasteiger partial charge in [0.05, 0.1) is 10.7 Å². The Morgan fingerprint density at radius 3 is 2.71 bits per heavy atom. The van der Waals surface area contributed by atoms with Crippen LogP contribution in [0.5, 0.6) is 0 Å². The van der Waals surface area contributed by atoms with E-state index in [1.807, 2.05) is 19.1 Å². The largest absolute Gasteiger partial charge is 0.398 e. The minimum absolute atomic E-state index is 0.348. The van der Waals surface area contributed by atoms with E-state index in [-0.39, 0.29) is 5.82 Å². The maximum absolute atomic E-state index is 13.4. The Labute approximate surface area is 126 Å². The summed E-state index contributed by atoms with van der Waals surface area (Å²) in [5.74, 6) is -0.348. The summed E-state index contributed by atoms with van der Waals surface area (Å²) in [6.45, 7) is 1.90. The average molecular weight is 302 g/mol. The number of nitrogens with one attached hydrogen (secondary N) is 1. The number of halogens is 2. The third kappa shape index (κ3) is 2.62. The molecule has 0 radical (unpaired) electrons. The number of aryl methyl sites for hydroxylation is 1. The number of hydrogen-bond acceptors (Lipinski definition) is 3. The van der Waals surface area contributed by atoms with Crippen molar-refractivity contribution in [2.75, 3.05) is 11.1 Å². The molecule has 3 rings (SSSR count). The van der Waals surface area contributed by atoms with Gasteiger partial charge in [-0.25, -0.2) is 4.39 Å².